The number of anilines is 2. The fourth-order valence-corrected chi connectivity index (χ4v) is 4.80. The molecule has 0 bridgehead atoms. The fourth-order valence-electron chi connectivity index (χ4n) is 2.68. The maximum Gasteiger partial charge on any atom is 0.261 e. The smallest absolute Gasteiger partial charge is 0.261 e. The summed E-state index contributed by atoms with van der Waals surface area (Å²) in [5, 5.41) is 2.90. The molecule has 2 aromatic carbocycles. The minimum absolute atomic E-state index is 0.0542. The molecule has 144 valence electrons. The van der Waals surface area contributed by atoms with Gasteiger partial charge in [0.2, 0.25) is 5.91 Å². The molecule has 9 heteroatoms. The molecule has 1 heterocycles. The lowest BCUT2D eigenvalue weighted by Gasteiger charge is -2.13. The first kappa shape index (κ1) is 19.4. The Morgan fingerprint density at radius 1 is 1.11 bits per heavy atom. The van der Waals surface area contributed by atoms with Crippen LogP contribution in [-0.4, -0.2) is 33.8 Å². The molecule has 1 atom stereocenters. The number of rotatable bonds is 5. The van der Waals surface area contributed by atoms with Crippen molar-refractivity contribution in [1.29, 1.82) is 0 Å². The highest BCUT2D eigenvalue weighted by Gasteiger charge is 2.22. The van der Waals surface area contributed by atoms with E-state index in [4.69, 9.17) is 9.47 Å². The van der Waals surface area contributed by atoms with Gasteiger partial charge in [-0.25, -0.2) is 8.42 Å². The topological polar surface area (TPSA) is 93.7 Å². The van der Waals surface area contributed by atoms with E-state index in [1.54, 1.807) is 24.3 Å². The Labute approximate surface area is 162 Å². The third-order valence-electron chi connectivity index (χ3n) is 3.94. The van der Waals surface area contributed by atoms with E-state index in [-0.39, 0.29) is 16.1 Å². The Hall–Kier alpha value is -2.39. The van der Waals surface area contributed by atoms with E-state index in [1.165, 1.54) is 38.1 Å². The number of thioether (sulfide) groups is 1. The van der Waals surface area contributed by atoms with Crippen LogP contribution in [0.4, 0.5) is 11.4 Å². The first-order chi connectivity index (χ1) is 12.8. The Morgan fingerprint density at radius 2 is 1.78 bits per heavy atom. The van der Waals surface area contributed by atoms with Crippen LogP contribution >= 0.6 is 11.8 Å². The maximum absolute atomic E-state index is 12.8. The summed E-state index contributed by atoms with van der Waals surface area (Å²) in [5.74, 6) is 0.798. The zero-order valence-electron chi connectivity index (χ0n) is 15.1. The molecule has 0 fully saturated rings. The van der Waals surface area contributed by atoms with Gasteiger partial charge in [0.15, 0.2) is 0 Å². The lowest BCUT2D eigenvalue weighted by atomic mass is 10.3. The van der Waals surface area contributed by atoms with Gasteiger partial charge >= 0.3 is 0 Å². The number of fused-ring (bicyclic) bond motifs is 1. The quantitative estimate of drug-likeness (QED) is 0.788. The number of hydrogen-bond acceptors (Lipinski definition) is 6. The molecule has 27 heavy (non-hydrogen) atoms. The molecule has 2 N–H and O–H groups in total. The minimum atomic E-state index is -3.86. The number of benzene rings is 2. The van der Waals surface area contributed by atoms with Crippen LogP contribution in [0.1, 0.15) is 13.3 Å². The summed E-state index contributed by atoms with van der Waals surface area (Å²) in [6, 6.07) is 9.47. The van der Waals surface area contributed by atoms with E-state index in [2.05, 4.69) is 10.0 Å². The average molecular weight is 409 g/mol. The van der Waals surface area contributed by atoms with Gasteiger partial charge in [-0.1, -0.05) is 6.92 Å². The van der Waals surface area contributed by atoms with Gasteiger partial charge in [0.1, 0.15) is 11.5 Å². The standard InChI is InChI=1S/C18H20N2O5S2/c1-11-6-18(21)19-16-10-15(4-5-17(16)26-11)27(22,23)20-12-7-13(24-2)9-14(8-12)25-3/h4-5,7-11,20H,6H2,1-3H3,(H,19,21). The first-order valence-electron chi connectivity index (χ1n) is 8.17. The van der Waals surface area contributed by atoms with Crippen molar-refractivity contribution in [3.63, 3.8) is 0 Å². The highest BCUT2D eigenvalue weighted by molar-refractivity contribution is 8.00. The Morgan fingerprint density at radius 3 is 2.41 bits per heavy atom. The van der Waals surface area contributed by atoms with Gasteiger partial charge in [0.25, 0.3) is 10.0 Å². The molecule has 2 aromatic rings. The molecule has 0 saturated heterocycles. The van der Waals surface area contributed by atoms with Crippen molar-refractivity contribution in [3.8, 4) is 11.5 Å². The van der Waals surface area contributed by atoms with E-state index in [0.29, 0.717) is 29.3 Å². The molecule has 1 unspecified atom stereocenters. The molecule has 1 aliphatic rings. The van der Waals surface area contributed by atoms with Crippen LogP contribution in [0.15, 0.2) is 46.2 Å². The van der Waals surface area contributed by atoms with Crippen molar-refractivity contribution in [2.24, 2.45) is 0 Å². The number of methoxy groups -OCH3 is 2. The molecule has 0 aliphatic carbocycles. The molecule has 0 saturated carbocycles. The average Bonchev–Trinajstić information content (AvgIpc) is 2.76. The fraction of sp³-hybridized carbons (Fsp3) is 0.278. The predicted octanol–water partition coefficient (Wildman–Crippen LogP) is 3.33. The van der Waals surface area contributed by atoms with Gasteiger partial charge in [-0.3, -0.25) is 9.52 Å². The zero-order valence-corrected chi connectivity index (χ0v) is 16.7. The lowest BCUT2D eigenvalue weighted by Crippen LogP contribution is -2.15. The van der Waals surface area contributed by atoms with E-state index in [0.717, 1.165) is 4.90 Å². The zero-order chi connectivity index (χ0) is 19.6. The number of nitrogens with one attached hydrogen (secondary N) is 2. The third kappa shape index (κ3) is 4.48. The predicted molar refractivity (Wildman–Crippen MR) is 105 cm³/mol. The van der Waals surface area contributed by atoms with Gasteiger partial charge in [0.05, 0.1) is 30.5 Å². The van der Waals surface area contributed by atoms with Gasteiger partial charge < -0.3 is 14.8 Å². The number of carbonyl (C=O) groups is 1. The van der Waals surface area contributed by atoms with Crippen LogP contribution in [0.2, 0.25) is 0 Å². The number of hydrogen-bond donors (Lipinski definition) is 2. The van der Waals surface area contributed by atoms with E-state index < -0.39 is 10.0 Å². The Bertz CT molecular complexity index is 953. The summed E-state index contributed by atoms with van der Waals surface area (Å²) in [5.41, 5.74) is 0.814. The molecule has 1 amide bonds. The van der Waals surface area contributed by atoms with Gasteiger partial charge in [-0.15, -0.1) is 11.8 Å². The normalized spacial score (nSPS) is 16.7. The summed E-state index contributed by atoms with van der Waals surface area (Å²) in [4.78, 5) is 12.8. The van der Waals surface area contributed by atoms with Crippen molar-refractivity contribution >= 4 is 39.1 Å². The Kier molecular flexibility index (Phi) is 5.52. The van der Waals surface area contributed by atoms with Crippen LogP contribution in [0.25, 0.3) is 0 Å². The van der Waals surface area contributed by atoms with Crippen LogP contribution in [0.3, 0.4) is 0 Å². The highest BCUT2D eigenvalue weighted by Crippen LogP contribution is 2.36. The molecule has 1 aliphatic heterocycles. The van der Waals surface area contributed by atoms with Crippen molar-refractivity contribution < 1.29 is 22.7 Å². The maximum atomic E-state index is 12.8. The van der Waals surface area contributed by atoms with Crippen LogP contribution in [-0.2, 0) is 14.8 Å². The van der Waals surface area contributed by atoms with Crippen molar-refractivity contribution in [2.75, 3.05) is 24.3 Å². The summed E-state index contributed by atoms with van der Waals surface area (Å²) >= 11 is 1.54. The van der Waals surface area contributed by atoms with Crippen LogP contribution in [0, 0.1) is 0 Å². The van der Waals surface area contributed by atoms with E-state index in [1.807, 2.05) is 6.92 Å². The molecule has 0 radical (unpaired) electrons. The monoisotopic (exact) mass is 408 g/mol. The molecule has 3 rings (SSSR count). The molecular weight excluding hydrogens is 388 g/mol. The number of amides is 1. The number of sulfonamides is 1. The van der Waals surface area contributed by atoms with E-state index in [9.17, 15) is 13.2 Å². The van der Waals surface area contributed by atoms with Crippen molar-refractivity contribution in [1.82, 2.24) is 0 Å². The number of carbonyl (C=O) groups excluding carboxylic acids is 1. The van der Waals surface area contributed by atoms with Crippen LogP contribution < -0.4 is 19.5 Å². The van der Waals surface area contributed by atoms with Gasteiger partial charge in [0, 0.05) is 34.8 Å². The summed E-state index contributed by atoms with van der Waals surface area (Å²) in [6.07, 6.45) is 0.378. The first-order valence-corrected chi connectivity index (χ1v) is 10.5. The summed E-state index contributed by atoms with van der Waals surface area (Å²) in [6.45, 7) is 1.96. The largest absolute Gasteiger partial charge is 0.497 e. The minimum Gasteiger partial charge on any atom is -0.497 e. The molecule has 0 aromatic heterocycles. The second-order valence-corrected chi connectivity index (χ2v) is 9.21. The SMILES string of the molecule is COc1cc(NS(=O)(=O)c2ccc3c(c2)NC(=O)CC(C)S3)cc(OC)c1. The molecule has 0 spiro atoms. The van der Waals surface area contributed by atoms with E-state index >= 15 is 0 Å². The van der Waals surface area contributed by atoms with Gasteiger partial charge in [-0.05, 0) is 18.2 Å². The van der Waals surface area contributed by atoms with Crippen LogP contribution in [0.5, 0.6) is 11.5 Å². The second-order valence-electron chi connectivity index (χ2n) is 6.05. The van der Waals surface area contributed by atoms with Crippen molar-refractivity contribution in [3.05, 3.63) is 36.4 Å². The van der Waals surface area contributed by atoms with Crippen molar-refractivity contribution in [2.45, 2.75) is 28.4 Å². The lowest BCUT2D eigenvalue weighted by molar-refractivity contribution is -0.116. The summed E-state index contributed by atoms with van der Waals surface area (Å²) in [7, 11) is -0.887. The second kappa shape index (κ2) is 7.69. The third-order valence-corrected chi connectivity index (χ3v) is 6.50. The Balaban J connectivity index is 1.93. The summed E-state index contributed by atoms with van der Waals surface area (Å²) < 4.78 is 38.5. The highest BCUT2D eigenvalue weighted by atomic mass is 32.2. The molecular formula is C18H20N2O5S2. The molecule has 7 nitrogen and oxygen atoms in total. The van der Waals surface area contributed by atoms with Gasteiger partial charge in [-0.2, -0.15) is 0 Å². The number of ether oxygens (including phenoxy) is 2.